The number of hydrogen-bond donors (Lipinski definition) is 0. The maximum absolute atomic E-state index is 12.4. The molecule has 0 radical (unpaired) electrons. The van der Waals surface area contributed by atoms with Gasteiger partial charge in [-0.2, -0.15) is 0 Å². The number of ether oxygens (including phenoxy) is 1. The first-order valence-electron chi connectivity index (χ1n) is 8.90. The summed E-state index contributed by atoms with van der Waals surface area (Å²) >= 11 is 5.81. The number of sulfone groups is 1. The van der Waals surface area contributed by atoms with E-state index in [0.717, 1.165) is 13.0 Å². The van der Waals surface area contributed by atoms with E-state index in [2.05, 4.69) is 4.90 Å². The largest absolute Gasteiger partial charge is 0.449 e. The van der Waals surface area contributed by atoms with Crippen molar-refractivity contribution in [3.63, 3.8) is 0 Å². The van der Waals surface area contributed by atoms with Gasteiger partial charge in [0.2, 0.25) is 0 Å². The number of hydrogen-bond acceptors (Lipinski definition) is 5. The summed E-state index contributed by atoms with van der Waals surface area (Å²) in [5, 5.41) is 0.515. The molecular formula is C18H27ClN2O4S. The molecule has 1 fully saturated rings. The van der Waals surface area contributed by atoms with Crippen LogP contribution in [0.25, 0.3) is 0 Å². The molecule has 2 rings (SSSR count). The fraction of sp³-hybridized carbons (Fsp3) is 0.611. The van der Waals surface area contributed by atoms with Crippen molar-refractivity contribution in [2.45, 2.75) is 25.2 Å². The zero-order chi connectivity index (χ0) is 19.2. The molecule has 0 aromatic heterocycles. The molecular weight excluding hydrogens is 376 g/mol. The first-order valence-corrected chi connectivity index (χ1v) is 10.9. The van der Waals surface area contributed by atoms with Crippen LogP contribution in [0.4, 0.5) is 4.79 Å². The van der Waals surface area contributed by atoms with Crippen molar-refractivity contribution in [3.8, 4) is 0 Å². The van der Waals surface area contributed by atoms with Gasteiger partial charge in [-0.05, 0) is 43.1 Å². The Labute approximate surface area is 161 Å². The summed E-state index contributed by atoms with van der Waals surface area (Å²) in [6.07, 6.45) is 0.520. The summed E-state index contributed by atoms with van der Waals surface area (Å²) in [7, 11) is -3.34. The topological polar surface area (TPSA) is 66.9 Å². The summed E-state index contributed by atoms with van der Waals surface area (Å²) < 4.78 is 30.2. The zero-order valence-corrected chi connectivity index (χ0v) is 16.9. The normalized spacial score (nSPS) is 16.5. The summed E-state index contributed by atoms with van der Waals surface area (Å²) in [5.74, 6) is 0.354. The number of amides is 1. The van der Waals surface area contributed by atoms with Gasteiger partial charge in [-0.1, -0.05) is 25.4 Å². The second-order valence-electron chi connectivity index (χ2n) is 6.93. The average Bonchev–Trinajstić information content (AvgIpc) is 2.84. The van der Waals surface area contributed by atoms with Crippen LogP contribution in [0.5, 0.6) is 0 Å². The van der Waals surface area contributed by atoms with Gasteiger partial charge in [0.1, 0.15) is 0 Å². The quantitative estimate of drug-likeness (QED) is 0.731. The van der Waals surface area contributed by atoms with Crippen LogP contribution in [0.2, 0.25) is 5.02 Å². The Kier molecular flexibility index (Phi) is 7.73. The van der Waals surface area contributed by atoms with Crippen molar-refractivity contribution in [1.29, 1.82) is 0 Å². The summed E-state index contributed by atoms with van der Waals surface area (Å²) in [6, 6.07) is 6.24. The van der Waals surface area contributed by atoms with Crippen LogP contribution in [0, 0.1) is 5.92 Å². The molecule has 0 atom stereocenters. The van der Waals surface area contributed by atoms with Crippen LogP contribution in [-0.4, -0.2) is 69.4 Å². The van der Waals surface area contributed by atoms with Gasteiger partial charge in [-0.3, -0.25) is 0 Å². The van der Waals surface area contributed by atoms with Gasteiger partial charge in [0.15, 0.2) is 9.84 Å². The lowest BCUT2D eigenvalue weighted by Gasteiger charge is -2.22. The van der Waals surface area contributed by atoms with Crippen molar-refractivity contribution in [2.75, 3.05) is 45.1 Å². The van der Waals surface area contributed by atoms with E-state index in [9.17, 15) is 13.2 Å². The van der Waals surface area contributed by atoms with Crippen LogP contribution in [0.15, 0.2) is 29.2 Å². The van der Waals surface area contributed by atoms with Crippen LogP contribution in [0.3, 0.4) is 0 Å². The van der Waals surface area contributed by atoms with Crippen molar-refractivity contribution in [2.24, 2.45) is 5.92 Å². The van der Waals surface area contributed by atoms with Crippen LogP contribution in [0.1, 0.15) is 20.3 Å². The highest BCUT2D eigenvalue weighted by molar-refractivity contribution is 7.91. The molecule has 0 N–H and O–H groups in total. The number of nitrogens with zero attached hydrogens (tertiary/aromatic N) is 2. The lowest BCUT2D eigenvalue weighted by molar-refractivity contribution is 0.0931. The van der Waals surface area contributed by atoms with Gasteiger partial charge in [0.25, 0.3) is 0 Å². The molecule has 1 heterocycles. The predicted molar refractivity (Wildman–Crippen MR) is 102 cm³/mol. The molecule has 1 aliphatic rings. The molecule has 1 aromatic carbocycles. The molecule has 0 saturated carbocycles. The summed E-state index contributed by atoms with van der Waals surface area (Å²) in [6.45, 7) is 7.46. The van der Waals surface area contributed by atoms with Gasteiger partial charge in [-0.15, -0.1) is 0 Å². The highest BCUT2D eigenvalue weighted by atomic mass is 35.5. The van der Waals surface area contributed by atoms with E-state index in [-0.39, 0.29) is 16.7 Å². The molecule has 0 bridgehead atoms. The highest BCUT2D eigenvalue weighted by Gasteiger charge is 2.22. The SMILES string of the molecule is CC(C)COC(=O)N1CCCN(CCS(=O)(=O)c2ccc(Cl)cc2)CC1. The molecule has 8 heteroatoms. The minimum atomic E-state index is -3.34. The first kappa shape index (κ1) is 21.0. The highest BCUT2D eigenvalue weighted by Crippen LogP contribution is 2.16. The van der Waals surface area contributed by atoms with Gasteiger partial charge < -0.3 is 14.5 Å². The second-order valence-corrected chi connectivity index (χ2v) is 9.47. The lowest BCUT2D eigenvalue weighted by Crippen LogP contribution is -2.37. The van der Waals surface area contributed by atoms with Gasteiger partial charge in [-0.25, -0.2) is 13.2 Å². The summed E-state index contributed by atoms with van der Waals surface area (Å²) in [5.41, 5.74) is 0. The van der Waals surface area contributed by atoms with E-state index < -0.39 is 9.84 Å². The number of benzene rings is 1. The molecule has 0 unspecified atom stereocenters. The fourth-order valence-electron chi connectivity index (χ4n) is 2.72. The van der Waals surface area contributed by atoms with Crippen molar-refractivity contribution in [3.05, 3.63) is 29.3 Å². The van der Waals surface area contributed by atoms with E-state index in [1.165, 1.54) is 12.1 Å². The number of halogens is 1. The van der Waals surface area contributed by atoms with Crippen LogP contribution < -0.4 is 0 Å². The number of carbonyl (C=O) groups is 1. The Morgan fingerprint density at radius 1 is 1.15 bits per heavy atom. The van der Waals surface area contributed by atoms with Crippen LogP contribution in [-0.2, 0) is 14.6 Å². The maximum atomic E-state index is 12.4. The smallest absolute Gasteiger partial charge is 0.409 e. The minimum Gasteiger partial charge on any atom is -0.449 e. The Balaban J connectivity index is 1.84. The van der Waals surface area contributed by atoms with Gasteiger partial charge in [0, 0.05) is 31.2 Å². The molecule has 1 amide bonds. The Hall–Kier alpha value is -1.31. The molecule has 0 aliphatic carbocycles. The third-order valence-corrected chi connectivity index (χ3v) is 6.20. The van der Waals surface area contributed by atoms with Crippen molar-refractivity contribution < 1.29 is 17.9 Å². The zero-order valence-electron chi connectivity index (χ0n) is 15.4. The van der Waals surface area contributed by atoms with E-state index in [4.69, 9.17) is 16.3 Å². The maximum Gasteiger partial charge on any atom is 0.409 e. The van der Waals surface area contributed by atoms with Crippen molar-refractivity contribution in [1.82, 2.24) is 9.80 Å². The van der Waals surface area contributed by atoms with Crippen molar-refractivity contribution >= 4 is 27.5 Å². The molecule has 1 aromatic rings. The van der Waals surface area contributed by atoms with E-state index in [0.29, 0.717) is 43.7 Å². The first-order chi connectivity index (χ1) is 12.3. The summed E-state index contributed by atoms with van der Waals surface area (Å²) in [4.78, 5) is 16.1. The average molecular weight is 403 g/mol. The molecule has 1 aliphatic heterocycles. The Morgan fingerprint density at radius 3 is 2.50 bits per heavy atom. The minimum absolute atomic E-state index is 0.0480. The molecule has 146 valence electrons. The van der Waals surface area contributed by atoms with E-state index in [1.54, 1.807) is 17.0 Å². The van der Waals surface area contributed by atoms with Crippen LogP contribution >= 0.6 is 11.6 Å². The van der Waals surface area contributed by atoms with E-state index >= 15 is 0 Å². The third-order valence-electron chi connectivity index (χ3n) is 4.24. The van der Waals surface area contributed by atoms with E-state index in [1.807, 2.05) is 13.8 Å². The standard InChI is InChI=1S/C18H27ClN2O4S/c1-15(2)14-25-18(22)21-9-3-8-20(10-11-21)12-13-26(23,24)17-6-4-16(19)5-7-17/h4-7,15H,3,8-14H2,1-2H3. The molecule has 26 heavy (non-hydrogen) atoms. The fourth-order valence-corrected chi connectivity index (χ4v) is 4.13. The van der Waals surface area contributed by atoms with Gasteiger partial charge >= 0.3 is 6.09 Å². The molecule has 0 spiro atoms. The molecule has 1 saturated heterocycles. The predicted octanol–water partition coefficient (Wildman–Crippen LogP) is 2.91. The monoisotopic (exact) mass is 402 g/mol. The second kappa shape index (κ2) is 9.58. The lowest BCUT2D eigenvalue weighted by atomic mass is 10.2. The number of carbonyl (C=O) groups excluding carboxylic acids is 1. The Bertz CT molecular complexity index is 692. The Morgan fingerprint density at radius 2 is 1.85 bits per heavy atom. The third kappa shape index (κ3) is 6.45. The number of rotatable bonds is 6. The van der Waals surface area contributed by atoms with Gasteiger partial charge in [0.05, 0.1) is 17.3 Å². The molecule has 6 nitrogen and oxygen atoms in total.